The highest BCUT2D eigenvalue weighted by Crippen LogP contribution is 2.20. The van der Waals surface area contributed by atoms with Gasteiger partial charge in [-0.3, -0.25) is 4.79 Å². The van der Waals surface area contributed by atoms with Crippen LogP contribution in [0.25, 0.3) is 0 Å². The Morgan fingerprint density at radius 2 is 2.06 bits per heavy atom. The predicted octanol–water partition coefficient (Wildman–Crippen LogP) is 1.81. The number of aryl methyl sites for hydroxylation is 2. The van der Waals surface area contributed by atoms with E-state index in [1.807, 2.05) is 0 Å². The van der Waals surface area contributed by atoms with Gasteiger partial charge in [0, 0.05) is 24.5 Å². The summed E-state index contributed by atoms with van der Waals surface area (Å²) in [7, 11) is 0. The fourth-order valence-corrected chi connectivity index (χ4v) is 1.32. The molecule has 0 radical (unpaired) electrons. The van der Waals surface area contributed by atoms with Crippen LogP contribution in [0.15, 0.2) is 17.1 Å². The molecule has 0 spiro atoms. The number of pyridine rings is 1. The molecule has 0 aromatic carbocycles. The Hall–Kier alpha value is -1.79. The van der Waals surface area contributed by atoms with Crippen molar-refractivity contribution in [1.82, 2.24) is 4.57 Å². The Balaban J connectivity index is 3.04. The van der Waals surface area contributed by atoms with Crippen molar-refractivity contribution < 1.29 is 23.1 Å². The van der Waals surface area contributed by atoms with E-state index >= 15 is 0 Å². The van der Waals surface area contributed by atoms with Crippen LogP contribution in [0.4, 0.5) is 13.2 Å². The van der Waals surface area contributed by atoms with E-state index in [0.29, 0.717) is 5.69 Å². The molecule has 1 aromatic rings. The molecule has 0 fully saturated rings. The maximum Gasteiger partial charge on any atom is 0.390 e. The van der Waals surface area contributed by atoms with Crippen LogP contribution in [0, 0.1) is 6.92 Å². The van der Waals surface area contributed by atoms with Crippen LogP contribution in [-0.4, -0.2) is 21.8 Å². The number of hydrogen-bond acceptors (Lipinski definition) is 2. The quantitative estimate of drug-likeness (QED) is 0.888. The summed E-state index contributed by atoms with van der Waals surface area (Å²) >= 11 is 0. The Bertz CT molecular complexity index is 491. The molecule has 94 valence electrons. The van der Waals surface area contributed by atoms with Gasteiger partial charge in [0.25, 0.3) is 0 Å². The molecule has 0 bridgehead atoms. The van der Waals surface area contributed by atoms with Gasteiger partial charge in [0.15, 0.2) is 5.43 Å². The number of carboxylic acid groups (broad SMARTS) is 1. The third-order valence-corrected chi connectivity index (χ3v) is 2.21. The topological polar surface area (TPSA) is 59.3 Å². The monoisotopic (exact) mass is 249 g/mol. The van der Waals surface area contributed by atoms with E-state index in [4.69, 9.17) is 5.11 Å². The first-order valence-corrected chi connectivity index (χ1v) is 4.72. The summed E-state index contributed by atoms with van der Waals surface area (Å²) < 4.78 is 37.2. The van der Waals surface area contributed by atoms with Crippen LogP contribution in [0.2, 0.25) is 0 Å². The number of halogens is 3. The summed E-state index contributed by atoms with van der Waals surface area (Å²) in [4.78, 5) is 21.9. The summed E-state index contributed by atoms with van der Waals surface area (Å²) in [5.41, 5.74) is -0.944. The third-order valence-electron chi connectivity index (χ3n) is 2.21. The van der Waals surface area contributed by atoms with Gasteiger partial charge in [-0.15, -0.1) is 0 Å². The van der Waals surface area contributed by atoms with Crippen molar-refractivity contribution in [2.24, 2.45) is 0 Å². The average molecular weight is 249 g/mol. The highest BCUT2D eigenvalue weighted by molar-refractivity contribution is 5.87. The van der Waals surface area contributed by atoms with Gasteiger partial charge < -0.3 is 9.67 Å². The first kappa shape index (κ1) is 13.3. The van der Waals surface area contributed by atoms with Crippen molar-refractivity contribution in [1.29, 1.82) is 0 Å². The molecule has 0 saturated heterocycles. The molecule has 0 amide bonds. The molecule has 1 aromatic heterocycles. The van der Waals surface area contributed by atoms with Gasteiger partial charge >= 0.3 is 12.1 Å². The summed E-state index contributed by atoms with van der Waals surface area (Å²) in [6.07, 6.45) is -4.46. The summed E-state index contributed by atoms with van der Waals surface area (Å²) in [6.45, 7) is 1.04. The highest BCUT2D eigenvalue weighted by atomic mass is 19.4. The molecule has 0 atom stereocenters. The number of rotatable bonds is 3. The molecule has 1 rings (SSSR count). The fourth-order valence-electron chi connectivity index (χ4n) is 1.32. The Morgan fingerprint density at radius 3 is 2.53 bits per heavy atom. The summed E-state index contributed by atoms with van der Waals surface area (Å²) in [6, 6.07) is 1.01. The van der Waals surface area contributed by atoms with Crippen molar-refractivity contribution in [3.63, 3.8) is 0 Å². The number of alkyl halides is 3. The third kappa shape index (κ3) is 3.61. The van der Waals surface area contributed by atoms with Crippen LogP contribution >= 0.6 is 0 Å². The van der Waals surface area contributed by atoms with Crippen molar-refractivity contribution in [2.75, 3.05) is 0 Å². The largest absolute Gasteiger partial charge is 0.477 e. The van der Waals surface area contributed by atoms with Gasteiger partial charge in [-0.1, -0.05) is 0 Å². The number of hydrogen-bond donors (Lipinski definition) is 1. The molecule has 0 aliphatic heterocycles. The molecule has 4 nitrogen and oxygen atoms in total. The molecular weight excluding hydrogens is 239 g/mol. The second-order valence-electron chi connectivity index (χ2n) is 3.56. The number of nitrogens with zero attached hydrogens (tertiary/aromatic N) is 1. The Kier molecular flexibility index (Phi) is 3.59. The lowest BCUT2D eigenvalue weighted by molar-refractivity contribution is -0.136. The number of carboxylic acids is 1. The average Bonchev–Trinajstić information content (AvgIpc) is 2.14. The summed E-state index contributed by atoms with van der Waals surface area (Å²) in [5.74, 6) is -1.45. The van der Waals surface area contributed by atoms with E-state index in [2.05, 4.69) is 0 Å². The van der Waals surface area contributed by atoms with Crippen LogP contribution in [0.5, 0.6) is 0 Å². The smallest absolute Gasteiger partial charge is 0.390 e. The van der Waals surface area contributed by atoms with Gasteiger partial charge in [0.2, 0.25) is 0 Å². The minimum Gasteiger partial charge on any atom is -0.477 e. The first-order chi connectivity index (χ1) is 7.70. The van der Waals surface area contributed by atoms with E-state index in [-0.39, 0.29) is 0 Å². The van der Waals surface area contributed by atoms with Crippen LogP contribution < -0.4 is 5.43 Å². The second kappa shape index (κ2) is 4.60. The highest BCUT2D eigenvalue weighted by Gasteiger charge is 2.26. The number of aromatic carboxylic acids is 1. The maximum atomic E-state index is 12.0. The zero-order valence-electron chi connectivity index (χ0n) is 8.91. The predicted molar refractivity (Wildman–Crippen MR) is 53.1 cm³/mol. The van der Waals surface area contributed by atoms with Crippen molar-refractivity contribution in [3.05, 3.63) is 33.7 Å². The SMILES string of the molecule is Cc1cc(=O)c(C(=O)O)cn1CCC(F)(F)F. The molecule has 0 aliphatic carbocycles. The molecule has 0 aliphatic rings. The lowest BCUT2D eigenvalue weighted by Gasteiger charge is -2.12. The van der Waals surface area contributed by atoms with Crippen molar-refractivity contribution in [3.8, 4) is 0 Å². The van der Waals surface area contributed by atoms with Gasteiger partial charge in [0.05, 0.1) is 6.42 Å². The van der Waals surface area contributed by atoms with Crippen LogP contribution in [-0.2, 0) is 6.54 Å². The molecule has 17 heavy (non-hydrogen) atoms. The Labute approximate surface area is 94.3 Å². The fraction of sp³-hybridized carbons (Fsp3) is 0.400. The van der Waals surface area contributed by atoms with Gasteiger partial charge in [-0.05, 0) is 6.92 Å². The molecule has 0 unspecified atom stereocenters. The van der Waals surface area contributed by atoms with E-state index in [1.54, 1.807) is 0 Å². The van der Waals surface area contributed by atoms with E-state index in [0.717, 1.165) is 16.8 Å². The minimum atomic E-state index is -4.32. The first-order valence-electron chi connectivity index (χ1n) is 4.72. The zero-order valence-corrected chi connectivity index (χ0v) is 8.91. The standard InChI is InChI=1S/C10H10F3NO3/c1-6-4-8(15)7(9(16)17)5-14(6)3-2-10(11,12)13/h4-5H,2-3H2,1H3,(H,16,17). The van der Waals surface area contributed by atoms with Crippen molar-refractivity contribution >= 4 is 5.97 Å². The Morgan fingerprint density at radius 1 is 1.47 bits per heavy atom. The second-order valence-corrected chi connectivity index (χ2v) is 3.56. The van der Waals surface area contributed by atoms with Crippen molar-refractivity contribution in [2.45, 2.75) is 26.1 Å². The maximum absolute atomic E-state index is 12.0. The van der Waals surface area contributed by atoms with Gasteiger partial charge in [0.1, 0.15) is 5.56 Å². The molecule has 1 heterocycles. The zero-order chi connectivity index (χ0) is 13.2. The van der Waals surface area contributed by atoms with E-state index < -0.39 is 36.1 Å². The molecule has 0 saturated carbocycles. The summed E-state index contributed by atoms with van der Waals surface area (Å²) in [5, 5.41) is 8.67. The lowest BCUT2D eigenvalue weighted by Crippen LogP contribution is -2.21. The number of aromatic nitrogens is 1. The van der Waals surface area contributed by atoms with Gasteiger partial charge in [-0.25, -0.2) is 4.79 Å². The van der Waals surface area contributed by atoms with E-state index in [1.165, 1.54) is 6.92 Å². The van der Waals surface area contributed by atoms with Crippen LogP contribution in [0.3, 0.4) is 0 Å². The molecule has 7 heteroatoms. The number of carbonyl (C=O) groups is 1. The minimum absolute atomic E-state index is 0.296. The molecule has 1 N–H and O–H groups in total. The van der Waals surface area contributed by atoms with Crippen LogP contribution in [0.1, 0.15) is 22.5 Å². The van der Waals surface area contributed by atoms with E-state index in [9.17, 15) is 22.8 Å². The lowest BCUT2D eigenvalue weighted by atomic mass is 10.2. The van der Waals surface area contributed by atoms with Gasteiger partial charge in [-0.2, -0.15) is 13.2 Å². The normalized spacial score (nSPS) is 11.5. The molecular formula is C10H10F3NO3.